The SMILES string of the molecule is O=C(Cn1nnn(-c2ccccc2)c1=O)N1CCc2sccc2C1c1ccccc1. The molecule has 30 heavy (non-hydrogen) atoms. The van der Waals surface area contributed by atoms with E-state index in [0.29, 0.717) is 12.2 Å². The van der Waals surface area contributed by atoms with Crippen molar-refractivity contribution < 1.29 is 4.79 Å². The van der Waals surface area contributed by atoms with Crippen molar-refractivity contribution in [1.82, 2.24) is 24.7 Å². The van der Waals surface area contributed by atoms with Crippen molar-refractivity contribution in [3.63, 3.8) is 0 Å². The number of carbonyl (C=O) groups is 1. The molecule has 7 nitrogen and oxygen atoms in total. The fraction of sp³-hybridized carbons (Fsp3) is 0.182. The zero-order valence-electron chi connectivity index (χ0n) is 16.1. The molecule has 0 saturated carbocycles. The van der Waals surface area contributed by atoms with Crippen LogP contribution >= 0.6 is 11.3 Å². The van der Waals surface area contributed by atoms with Crippen molar-refractivity contribution in [2.24, 2.45) is 0 Å². The van der Waals surface area contributed by atoms with Gasteiger partial charge in [-0.15, -0.1) is 11.3 Å². The fourth-order valence-corrected chi connectivity index (χ4v) is 4.81. The van der Waals surface area contributed by atoms with Crippen LogP contribution in [-0.4, -0.2) is 37.1 Å². The molecule has 0 spiro atoms. The molecule has 0 fully saturated rings. The number of benzene rings is 2. The third-order valence-electron chi connectivity index (χ3n) is 5.33. The van der Waals surface area contributed by atoms with E-state index in [1.54, 1.807) is 23.5 Å². The Morgan fingerprint density at radius 1 is 1.00 bits per heavy atom. The average molecular weight is 417 g/mol. The second-order valence-corrected chi connectivity index (χ2v) is 8.12. The van der Waals surface area contributed by atoms with Crippen LogP contribution in [0.15, 0.2) is 76.9 Å². The largest absolute Gasteiger partial charge is 0.368 e. The Morgan fingerprint density at radius 2 is 1.73 bits per heavy atom. The minimum atomic E-state index is -0.431. The molecule has 0 N–H and O–H groups in total. The summed E-state index contributed by atoms with van der Waals surface area (Å²) in [6.45, 7) is 0.460. The lowest BCUT2D eigenvalue weighted by atomic mass is 9.93. The predicted molar refractivity (Wildman–Crippen MR) is 114 cm³/mol. The molecule has 2 aromatic heterocycles. The molecule has 8 heteroatoms. The van der Waals surface area contributed by atoms with Crippen LogP contribution < -0.4 is 5.69 Å². The van der Waals surface area contributed by atoms with Gasteiger partial charge in [0.25, 0.3) is 0 Å². The van der Waals surface area contributed by atoms with E-state index in [1.165, 1.54) is 9.56 Å². The highest BCUT2D eigenvalue weighted by Crippen LogP contribution is 2.37. The van der Waals surface area contributed by atoms with Gasteiger partial charge in [-0.3, -0.25) is 4.79 Å². The first-order valence-electron chi connectivity index (χ1n) is 9.71. The molecule has 3 heterocycles. The molecule has 0 saturated heterocycles. The topological polar surface area (TPSA) is 73.0 Å². The first-order valence-corrected chi connectivity index (χ1v) is 10.6. The van der Waals surface area contributed by atoms with E-state index in [2.05, 4.69) is 21.9 Å². The standard InChI is InChI=1S/C22H19N5O2S/c28-20(15-26-22(29)27(24-23-26)17-9-5-2-6-10-17)25-13-11-19-18(12-14-30-19)21(25)16-7-3-1-4-8-16/h1-10,12,14,21H,11,13,15H2. The smallest absolute Gasteiger partial charge is 0.330 e. The summed E-state index contributed by atoms with van der Waals surface area (Å²) in [5.41, 5.74) is 2.40. The first-order chi connectivity index (χ1) is 14.7. The van der Waals surface area contributed by atoms with Gasteiger partial charge in [0, 0.05) is 11.4 Å². The number of nitrogens with zero attached hydrogens (tertiary/aromatic N) is 5. The summed E-state index contributed by atoms with van der Waals surface area (Å²) in [5.74, 6) is -0.150. The second-order valence-electron chi connectivity index (χ2n) is 7.12. The van der Waals surface area contributed by atoms with Crippen LogP contribution in [0, 0.1) is 0 Å². The van der Waals surface area contributed by atoms with Gasteiger partial charge in [0.05, 0.1) is 11.7 Å². The monoisotopic (exact) mass is 417 g/mol. The van der Waals surface area contributed by atoms with Gasteiger partial charge in [-0.1, -0.05) is 48.5 Å². The molecular weight excluding hydrogens is 398 g/mol. The summed E-state index contributed by atoms with van der Waals surface area (Å²) in [6, 6.07) is 21.0. The van der Waals surface area contributed by atoms with Gasteiger partial charge in [-0.25, -0.2) is 4.79 Å². The Hall–Kier alpha value is -3.52. The van der Waals surface area contributed by atoms with E-state index < -0.39 is 5.69 Å². The highest BCUT2D eigenvalue weighted by atomic mass is 32.1. The Kier molecular flexibility index (Phi) is 4.76. The highest BCUT2D eigenvalue weighted by Gasteiger charge is 2.33. The number of aromatic nitrogens is 4. The zero-order chi connectivity index (χ0) is 20.5. The van der Waals surface area contributed by atoms with Gasteiger partial charge in [-0.2, -0.15) is 9.36 Å². The number of thiophene rings is 1. The Bertz CT molecular complexity index is 1230. The van der Waals surface area contributed by atoms with Crippen molar-refractivity contribution in [2.45, 2.75) is 19.0 Å². The normalized spacial score (nSPS) is 15.7. The Morgan fingerprint density at radius 3 is 2.50 bits per heavy atom. The van der Waals surface area contributed by atoms with Gasteiger partial charge in [0.1, 0.15) is 6.54 Å². The lowest BCUT2D eigenvalue weighted by Gasteiger charge is -2.36. The number of carbonyl (C=O) groups excluding carboxylic acids is 1. The minimum absolute atomic E-state index is 0.144. The fourth-order valence-electron chi connectivity index (χ4n) is 3.90. The van der Waals surface area contributed by atoms with E-state index in [4.69, 9.17) is 0 Å². The van der Waals surface area contributed by atoms with Crippen LogP contribution in [0.2, 0.25) is 0 Å². The molecule has 0 bridgehead atoms. The molecule has 0 aliphatic carbocycles. The molecule has 2 aromatic carbocycles. The van der Waals surface area contributed by atoms with Crippen LogP contribution in [0.1, 0.15) is 22.0 Å². The summed E-state index contributed by atoms with van der Waals surface area (Å²) in [6.07, 6.45) is 0.813. The maximum absolute atomic E-state index is 13.3. The number of para-hydroxylation sites is 1. The molecule has 150 valence electrons. The minimum Gasteiger partial charge on any atom is -0.330 e. The number of fused-ring (bicyclic) bond motifs is 1. The van der Waals surface area contributed by atoms with Gasteiger partial charge in [-0.05, 0) is 51.6 Å². The summed E-state index contributed by atoms with van der Waals surface area (Å²) in [4.78, 5) is 29.2. The maximum atomic E-state index is 13.3. The molecule has 1 unspecified atom stereocenters. The van der Waals surface area contributed by atoms with Crippen molar-refractivity contribution in [3.05, 3.63) is 98.6 Å². The van der Waals surface area contributed by atoms with Crippen LogP contribution in [0.3, 0.4) is 0 Å². The van der Waals surface area contributed by atoms with E-state index in [1.807, 2.05) is 53.4 Å². The zero-order valence-corrected chi connectivity index (χ0v) is 16.9. The number of tetrazole rings is 1. The average Bonchev–Trinajstić information content (AvgIpc) is 3.41. The number of amides is 1. The molecule has 1 aliphatic heterocycles. The van der Waals surface area contributed by atoms with Crippen molar-refractivity contribution in [3.8, 4) is 5.69 Å². The second kappa shape index (κ2) is 7.72. The van der Waals surface area contributed by atoms with E-state index >= 15 is 0 Å². The number of hydrogen-bond donors (Lipinski definition) is 0. The summed E-state index contributed by atoms with van der Waals surface area (Å²) in [7, 11) is 0. The van der Waals surface area contributed by atoms with Crippen molar-refractivity contribution >= 4 is 17.2 Å². The van der Waals surface area contributed by atoms with Crippen LogP contribution in [0.5, 0.6) is 0 Å². The molecule has 4 aromatic rings. The third kappa shape index (κ3) is 3.25. The van der Waals surface area contributed by atoms with E-state index in [-0.39, 0.29) is 18.5 Å². The van der Waals surface area contributed by atoms with Crippen molar-refractivity contribution in [1.29, 1.82) is 0 Å². The molecule has 1 amide bonds. The van der Waals surface area contributed by atoms with Crippen LogP contribution in [0.25, 0.3) is 5.69 Å². The summed E-state index contributed by atoms with van der Waals surface area (Å²) in [5, 5.41) is 9.94. The summed E-state index contributed by atoms with van der Waals surface area (Å²) < 4.78 is 2.33. The maximum Gasteiger partial charge on any atom is 0.368 e. The Balaban J connectivity index is 1.45. The van der Waals surface area contributed by atoms with Crippen molar-refractivity contribution in [2.75, 3.05) is 6.54 Å². The quantitative estimate of drug-likeness (QED) is 0.512. The van der Waals surface area contributed by atoms with E-state index in [0.717, 1.165) is 22.2 Å². The number of hydrogen-bond acceptors (Lipinski definition) is 5. The highest BCUT2D eigenvalue weighted by molar-refractivity contribution is 7.10. The number of rotatable bonds is 4. The third-order valence-corrected chi connectivity index (χ3v) is 6.32. The first kappa shape index (κ1) is 18.5. The Labute approximate surface area is 176 Å². The van der Waals surface area contributed by atoms with Gasteiger partial charge in [0.2, 0.25) is 5.91 Å². The van der Waals surface area contributed by atoms with Crippen LogP contribution in [0.4, 0.5) is 0 Å². The molecule has 5 rings (SSSR count). The lowest BCUT2D eigenvalue weighted by molar-refractivity contribution is -0.134. The molecule has 0 radical (unpaired) electrons. The molecule has 1 atom stereocenters. The summed E-state index contributed by atoms with van der Waals surface area (Å²) >= 11 is 1.73. The van der Waals surface area contributed by atoms with E-state index in [9.17, 15) is 9.59 Å². The molecule has 1 aliphatic rings. The molecular formula is C22H19N5O2S. The van der Waals surface area contributed by atoms with Gasteiger partial charge < -0.3 is 4.90 Å². The van der Waals surface area contributed by atoms with Gasteiger partial charge in [0.15, 0.2) is 0 Å². The van der Waals surface area contributed by atoms with Crippen LogP contribution in [-0.2, 0) is 17.8 Å². The lowest BCUT2D eigenvalue weighted by Crippen LogP contribution is -2.43. The predicted octanol–water partition coefficient (Wildman–Crippen LogP) is 2.66. The van der Waals surface area contributed by atoms with Gasteiger partial charge >= 0.3 is 5.69 Å².